The number of Topliss-reactive ketones (excluding diaryl/α,β-unsaturated/α-hetero) is 1. The first-order valence-corrected chi connectivity index (χ1v) is 11.0. The van der Waals surface area contributed by atoms with E-state index in [2.05, 4.69) is 20.8 Å². The van der Waals surface area contributed by atoms with E-state index in [1.165, 1.54) is 0 Å². The minimum Gasteiger partial charge on any atom is -0.494 e. The number of carbonyl (C=O) groups is 2. The molecule has 5 heteroatoms. The molecular formula is C25H33NO4. The van der Waals surface area contributed by atoms with Crippen molar-refractivity contribution in [2.45, 2.75) is 66.2 Å². The lowest BCUT2D eigenvalue weighted by Gasteiger charge is -2.39. The van der Waals surface area contributed by atoms with Gasteiger partial charge >= 0.3 is 5.97 Å². The topological polar surface area (TPSA) is 65.0 Å². The molecule has 1 aromatic rings. The summed E-state index contributed by atoms with van der Waals surface area (Å²) in [5.74, 6) is -0.591. The lowest BCUT2D eigenvalue weighted by Crippen LogP contribution is -2.39. The fourth-order valence-corrected chi connectivity index (χ4v) is 4.52. The molecule has 1 aliphatic heterocycles. The predicted molar refractivity (Wildman–Crippen MR) is 118 cm³/mol. The molecule has 3 rings (SSSR count). The van der Waals surface area contributed by atoms with Crippen LogP contribution >= 0.6 is 0 Å². The second kappa shape index (κ2) is 9.15. The minimum atomic E-state index is -0.618. The molecule has 162 valence electrons. The summed E-state index contributed by atoms with van der Waals surface area (Å²) in [6, 6.07) is 7.69. The van der Waals surface area contributed by atoms with Gasteiger partial charge in [0.1, 0.15) is 11.7 Å². The SMILES string of the molecule is CCCCOC(=O)C1C(C)=NC2=C(C(=O)CC(C)(C)C2)[C@@H]1c1ccccc1OCC. The molecule has 0 aromatic heterocycles. The van der Waals surface area contributed by atoms with E-state index in [0.717, 1.165) is 30.5 Å². The van der Waals surface area contributed by atoms with E-state index in [-0.39, 0.29) is 17.2 Å². The van der Waals surface area contributed by atoms with Gasteiger partial charge in [0.2, 0.25) is 0 Å². The summed E-state index contributed by atoms with van der Waals surface area (Å²) < 4.78 is 11.5. The summed E-state index contributed by atoms with van der Waals surface area (Å²) in [7, 11) is 0. The van der Waals surface area contributed by atoms with E-state index in [4.69, 9.17) is 14.5 Å². The molecule has 0 radical (unpaired) electrons. The van der Waals surface area contributed by atoms with E-state index in [1.54, 1.807) is 0 Å². The second-order valence-electron chi connectivity index (χ2n) is 9.00. The number of rotatable bonds is 7. The van der Waals surface area contributed by atoms with E-state index in [1.807, 2.05) is 38.1 Å². The zero-order valence-corrected chi connectivity index (χ0v) is 18.8. The zero-order chi connectivity index (χ0) is 21.9. The average molecular weight is 412 g/mol. The maximum absolute atomic E-state index is 13.3. The summed E-state index contributed by atoms with van der Waals surface area (Å²) in [6.45, 7) is 10.9. The van der Waals surface area contributed by atoms with Gasteiger partial charge < -0.3 is 9.47 Å². The average Bonchev–Trinajstić information content (AvgIpc) is 2.66. The zero-order valence-electron chi connectivity index (χ0n) is 18.8. The van der Waals surface area contributed by atoms with Gasteiger partial charge in [-0.15, -0.1) is 0 Å². The van der Waals surface area contributed by atoms with Gasteiger partial charge in [-0.2, -0.15) is 0 Å². The number of esters is 1. The van der Waals surface area contributed by atoms with Gasteiger partial charge in [-0.05, 0) is 38.2 Å². The Bertz CT molecular complexity index is 881. The molecule has 0 fully saturated rings. The lowest BCUT2D eigenvalue weighted by molar-refractivity contribution is -0.146. The van der Waals surface area contributed by atoms with Gasteiger partial charge in [0, 0.05) is 34.9 Å². The van der Waals surface area contributed by atoms with Crippen LogP contribution in [0, 0.1) is 11.3 Å². The van der Waals surface area contributed by atoms with Crippen molar-refractivity contribution in [1.82, 2.24) is 0 Å². The highest BCUT2D eigenvalue weighted by Crippen LogP contribution is 2.49. The number of unbranched alkanes of at least 4 members (excludes halogenated alkanes) is 1. The summed E-state index contributed by atoms with van der Waals surface area (Å²) in [6.07, 6.45) is 2.93. The van der Waals surface area contributed by atoms with Gasteiger partial charge in [-0.3, -0.25) is 14.6 Å². The molecule has 1 aromatic carbocycles. The molecule has 0 saturated heterocycles. The molecule has 1 unspecified atom stereocenters. The van der Waals surface area contributed by atoms with Crippen LogP contribution in [0.25, 0.3) is 0 Å². The van der Waals surface area contributed by atoms with E-state index < -0.39 is 11.8 Å². The largest absolute Gasteiger partial charge is 0.494 e. The summed E-state index contributed by atoms with van der Waals surface area (Å²) in [4.78, 5) is 31.2. The summed E-state index contributed by atoms with van der Waals surface area (Å²) in [5.41, 5.74) is 2.88. The molecule has 1 heterocycles. The van der Waals surface area contributed by atoms with Crippen molar-refractivity contribution in [3.05, 3.63) is 41.1 Å². The second-order valence-corrected chi connectivity index (χ2v) is 9.00. The van der Waals surface area contributed by atoms with Crippen molar-refractivity contribution in [3.8, 4) is 5.75 Å². The number of aliphatic imine (C=N–C) groups is 1. The van der Waals surface area contributed by atoms with Crippen molar-refractivity contribution < 1.29 is 19.1 Å². The Morgan fingerprint density at radius 2 is 1.93 bits per heavy atom. The third-order valence-corrected chi connectivity index (χ3v) is 5.85. The molecule has 2 aliphatic rings. The van der Waals surface area contributed by atoms with Crippen LogP contribution in [0.1, 0.15) is 71.8 Å². The number of ether oxygens (including phenoxy) is 2. The van der Waals surface area contributed by atoms with E-state index in [9.17, 15) is 9.59 Å². The maximum Gasteiger partial charge on any atom is 0.315 e. The van der Waals surface area contributed by atoms with Crippen LogP contribution in [0.4, 0.5) is 0 Å². The Morgan fingerprint density at radius 1 is 1.20 bits per heavy atom. The number of hydrogen-bond donors (Lipinski definition) is 0. The molecule has 0 spiro atoms. The maximum atomic E-state index is 13.3. The highest BCUT2D eigenvalue weighted by Gasteiger charge is 2.46. The highest BCUT2D eigenvalue weighted by molar-refractivity contribution is 6.09. The minimum absolute atomic E-state index is 0.0696. The van der Waals surface area contributed by atoms with Gasteiger partial charge in [0.25, 0.3) is 0 Å². The van der Waals surface area contributed by atoms with Crippen LogP contribution in [0.2, 0.25) is 0 Å². The number of benzene rings is 1. The molecule has 2 atom stereocenters. The quantitative estimate of drug-likeness (QED) is 0.454. The third kappa shape index (κ3) is 4.50. The fourth-order valence-electron chi connectivity index (χ4n) is 4.52. The number of hydrogen-bond acceptors (Lipinski definition) is 5. The molecule has 5 nitrogen and oxygen atoms in total. The smallest absolute Gasteiger partial charge is 0.315 e. The third-order valence-electron chi connectivity index (χ3n) is 5.85. The Morgan fingerprint density at radius 3 is 2.63 bits per heavy atom. The molecule has 1 aliphatic carbocycles. The van der Waals surface area contributed by atoms with Crippen LogP contribution in [0.5, 0.6) is 5.75 Å². The summed E-state index contributed by atoms with van der Waals surface area (Å²) >= 11 is 0. The number of carbonyl (C=O) groups excluding carboxylic acids is 2. The Balaban J connectivity index is 2.12. The van der Waals surface area contributed by atoms with Crippen molar-refractivity contribution in [2.75, 3.05) is 13.2 Å². The molecule has 0 N–H and O–H groups in total. The van der Waals surface area contributed by atoms with Gasteiger partial charge in [0.05, 0.1) is 13.2 Å². The first-order chi connectivity index (χ1) is 14.3. The Hall–Kier alpha value is -2.43. The first-order valence-electron chi connectivity index (χ1n) is 11.0. The molecular weight excluding hydrogens is 378 g/mol. The standard InChI is InChI=1S/C25H33NO4/c1-6-8-13-30-24(28)21-16(3)26-18-14-25(4,5)15-19(27)23(18)22(21)17-11-9-10-12-20(17)29-7-2/h9-12,21-22H,6-8,13-15H2,1-5H3/t21?,22-/m1/s1. The summed E-state index contributed by atoms with van der Waals surface area (Å²) in [5, 5.41) is 0. The highest BCUT2D eigenvalue weighted by atomic mass is 16.5. The predicted octanol–water partition coefficient (Wildman–Crippen LogP) is 5.25. The van der Waals surface area contributed by atoms with Crippen LogP contribution in [-0.2, 0) is 14.3 Å². The number of para-hydroxylation sites is 1. The van der Waals surface area contributed by atoms with Crippen LogP contribution in [-0.4, -0.2) is 30.7 Å². The molecule has 0 saturated carbocycles. The van der Waals surface area contributed by atoms with E-state index in [0.29, 0.717) is 36.7 Å². The molecule has 0 bridgehead atoms. The molecule has 0 amide bonds. The van der Waals surface area contributed by atoms with Crippen LogP contribution in [0.3, 0.4) is 0 Å². The van der Waals surface area contributed by atoms with Gasteiger partial charge in [0.15, 0.2) is 5.78 Å². The Labute approximate surface area is 179 Å². The lowest BCUT2D eigenvalue weighted by atomic mass is 9.66. The van der Waals surface area contributed by atoms with Crippen molar-refractivity contribution in [2.24, 2.45) is 16.3 Å². The first kappa shape index (κ1) is 22.3. The van der Waals surface area contributed by atoms with Crippen LogP contribution in [0.15, 0.2) is 40.5 Å². The normalized spacial score (nSPS) is 23.0. The van der Waals surface area contributed by atoms with Gasteiger partial charge in [-0.1, -0.05) is 45.4 Å². The monoisotopic (exact) mass is 411 g/mol. The van der Waals surface area contributed by atoms with Crippen molar-refractivity contribution in [1.29, 1.82) is 0 Å². The van der Waals surface area contributed by atoms with Crippen molar-refractivity contribution in [3.63, 3.8) is 0 Å². The van der Waals surface area contributed by atoms with Crippen molar-refractivity contribution >= 4 is 17.5 Å². The van der Waals surface area contributed by atoms with Gasteiger partial charge in [-0.25, -0.2) is 0 Å². The number of allylic oxidation sites excluding steroid dienone is 2. The Kier molecular flexibility index (Phi) is 6.79. The molecule has 30 heavy (non-hydrogen) atoms. The number of ketones is 1. The fraction of sp³-hybridized carbons (Fsp3) is 0.560. The van der Waals surface area contributed by atoms with Crippen LogP contribution < -0.4 is 4.74 Å². The van der Waals surface area contributed by atoms with E-state index >= 15 is 0 Å². The number of nitrogens with zero attached hydrogens (tertiary/aromatic N) is 1.